The molecule has 2 fully saturated rings. The van der Waals surface area contributed by atoms with Gasteiger partial charge in [-0.05, 0) is 12.8 Å². The van der Waals surface area contributed by atoms with Gasteiger partial charge in [-0.25, -0.2) is 14.4 Å². The Labute approximate surface area is 221 Å². The van der Waals surface area contributed by atoms with Crippen molar-refractivity contribution in [1.82, 2.24) is 26.6 Å². The van der Waals surface area contributed by atoms with Crippen LogP contribution < -0.4 is 32.3 Å². The monoisotopic (exact) mass is 538 g/mol. The molecular formula is C24H38N6O8. The molecule has 8 N–H and O–H groups in total. The van der Waals surface area contributed by atoms with Crippen LogP contribution in [0.2, 0.25) is 0 Å². The van der Waals surface area contributed by atoms with E-state index >= 15 is 0 Å². The van der Waals surface area contributed by atoms with Gasteiger partial charge in [-0.2, -0.15) is 0 Å². The summed E-state index contributed by atoms with van der Waals surface area (Å²) in [4.78, 5) is 61.7. The number of carbonyl (C=O) groups is 5. The summed E-state index contributed by atoms with van der Waals surface area (Å²) in [6.45, 7) is 6.60. The number of alkyl carbamates (subject to hydrolysis) is 2. The summed E-state index contributed by atoms with van der Waals surface area (Å²) in [6, 6.07) is -1.82. The number of ether oxygens (including phenoxy) is 2. The van der Waals surface area contributed by atoms with Crippen LogP contribution in [0.3, 0.4) is 0 Å². The van der Waals surface area contributed by atoms with Crippen molar-refractivity contribution in [2.75, 3.05) is 19.6 Å². The van der Waals surface area contributed by atoms with Crippen LogP contribution in [0.25, 0.3) is 0 Å². The average Bonchev–Trinajstić information content (AvgIpc) is 2.87. The minimum absolute atomic E-state index is 0.0583. The molecule has 0 radical (unpaired) electrons. The normalized spacial score (nSPS) is 25.1. The first-order valence-corrected chi connectivity index (χ1v) is 12.5. The van der Waals surface area contributed by atoms with Crippen molar-refractivity contribution in [3.05, 3.63) is 25.3 Å². The number of aliphatic hydroxyl groups is 1. The summed E-state index contributed by atoms with van der Waals surface area (Å²) in [7, 11) is 0. The molecule has 6 amide bonds. The zero-order valence-corrected chi connectivity index (χ0v) is 21.3. The molecule has 0 spiro atoms. The highest BCUT2D eigenvalue weighted by molar-refractivity contribution is 5.89. The molecule has 2 rings (SSSR count). The van der Waals surface area contributed by atoms with Crippen LogP contribution in [0.15, 0.2) is 25.3 Å². The molecule has 2 saturated carbocycles. The topological polar surface area (TPSA) is 210 Å². The summed E-state index contributed by atoms with van der Waals surface area (Å²) >= 11 is 0. The minimum Gasteiger partial charge on any atom is -0.442 e. The number of urea groups is 1. The first-order valence-electron chi connectivity index (χ1n) is 12.5. The largest absolute Gasteiger partial charge is 0.442 e. The molecule has 0 unspecified atom stereocenters. The fraction of sp³-hybridized carbons (Fsp3) is 0.625. The Morgan fingerprint density at radius 3 is 2.08 bits per heavy atom. The molecule has 0 saturated heterocycles. The molecule has 0 aliphatic heterocycles. The lowest BCUT2D eigenvalue weighted by Crippen LogP contribution is -2.66. The Morgan fingerprint density at radius 2 is 1.50 bits per heavy atom. The lowest BCUT2D eigenvalue weighted by molar-refractivity contribution is -0.158. The van der Waals surface area contributed by atoms with E-state index in [4.69, 9.17) is 15.2 Å². The third kappa shape index (κ3) is 9.57. The van der Waals surface area contributed by atoms with E-state index in [1.807, 2.05) is 0 Å². The highest BCUT2D eigenvalue weighted by Gasteiger charge is 2.53. The molecule has 0 bridgehead atoms. The molecule has 0 aromatic rings. The summed E-state index contributed by atoms with van der Waals surface area (Å²) in [5, 5.41) is 23.9. The summed E-state index contributed by atoms with van der Waals surface area (Å²) in [6.07, 6.45) is 2.08. The van der Waals surface area contributed by atoms with Gasteiger partial charge in [0, 0.05) is 32.0 Å². The van der Waals surface area contributed by atoms with Gasteiger partial charge in [0.2, 0.25) is 5.91 Å². The van der Waals surface area contributed by atoms with Crippen LogP contribution in [0, 0.1) is 0 Å². The fourth-order valence-electron chi connectivity index (χ4n) is 4.49. The number of carbonyl (C=O) groups excluding carboxylic acids is 5. The quantitative estimate of drug-likeness (QED) is 0.173. The van der Waals surface area contributed by atoms with Gasteiger partial charge >= 0.3 is 18.2 Å². The smallest absolute Gasteiger partial charge is 0.407 e. The first-order chi connectivity index (χ1) is 18.1. The van der Waals surface area contributed by atoms with Crippen molar-refractivity contribution >= 4 is 30.0 Å². The van der Waals surface area contributed by atoms with Crippen molar-refractivity contribution in [1.29, 1.82) is 0 Å². The second kappa shape index (κ2) is 14.8. The molecule has 14 heteroatoms. The Kier molecular flexibility index (Phi) is 11.9. The van der Waals surface area contributed by atoms with E-state index in [1.54, 1.807) is 0 Å². The highest BCUT2D eigenvalue weighted by Crippen LogP contribution is 2.33. The van der Waals surface area contributed by atoms with Crippen LogP contribution in [0.4, 0.5) is 14.4 Å². The maximum atomic E-state index is 12.9. The van der Waals surface area contributed by atoms with E-state index in [2.05, 4.69) is 39.7 Å². The molecule has 0 aromatic heterocycles. The number of amides is 6. The molecule has 2 aliphatic carbocycles. The van der Waals surface area contributed by atoms with Crippen molar-refractivity contribution in [2.24, 2.45) is 5.73 Å². The van der Waals surface area contributed by atoms with Crippen molar-refractivity contribution in [3.8, 4) is 0 Å². The van der Waals surface area contributed by atoms with Crippen molar-refractivity contribution in [2.45, 2.75) is 74.8 Å². The first kappa shape index (κ1) is 30.4. The zero-order valence-electron chi connectivity index (χ0n) is 21.3. The van der Waals surface area contributed by atoms with E-state index in [1.165, 1.54) is 12.2 Å². The summed E-state index contributed by atoms with van der Waals surface area (Å²) in [5.74, 6) is -1.80. The standard InChI is InChI=1S/C24H38N6O8/c1-3-10-26-22(34)37-17-13-24(36,20(32)28-14-18(25)31)12-16(19(17)38-23(35)27-11-4-2)30-21(33)29-15-8-6-5-7-9-15/h3-4,15-17,19,36H,1-2,5-14H2,(H2,25,31)(H,26,34)(H,27,35)(H,28,32)(H2,29,30,33)/t16-,17+,19+,24-/m0/s1. The maximum absolute atomic E-state index is 12.9. The van der Waals surface area contributed by atoms with Crippen LogP contribution in [-0.4, -0.2) is 84.7 Å². The third-order valence-electron chi connectivity index (χ3n) is 6.25. The van der Waals surface area contributed by atoms with E-state index < -0.39 is 73.3 Å². The van der Waals surface area contributed by atoms with Crippen molar-refractivity contribution in [3.63, 3.8) is 0 Å². The molecular weight excluding hydrogens is 500 g/mol. The van der Waals surface area contributed by atoms with Crippen LogP contribution in [0.1, 0.15) is 44.9 Å². The number of hydrogen-bond donors (Lipinski definition) is 7. The van der Waals surface area contributed by atoms with Gasteiger partial charge in [0.05, 0.1) is 12.6 Å². The number of nitrogens with two attached hydrogens (primary N) is 1. The van der Waals surface area contributed by atoms with Gasteiger partial charge in [0.25, 0.3) is 5.91 Å². The number of rotatable bonds is 11. The van der Waals surface area contributed by atoms with Crippen LogP contribution in [0.5, 0.6) is 0 Å². The second-order valence-electron chi connectivity index (χ2n) is 9.30. The van der Waals surface area contributed by atoms with Gasteiger partial charge in [-0.1, -0.05) is 31.4 Å². The van der Waals surface area contributed by atoms with Gasteiger partial charge in [-0.15, -0.1) is 13.2 Å². The molecule has 212 valence electrons. The van der Waals surface area contributed by atoms with E-state index in [0.717, 1.165) is 32.1 Å². The van der Waals surface area contributed by atoms with Gasteiger partial charge in [0.15, 0.2) is 6.10 Å². The third-order valence-corrected chi connectivity index (χ3v) is 6.25. The van der Waals surface area contributed by atoms with Gasteiger partial charge < -0.3 is 46.9 Å². The SMILES string of the molecule is C=CCNC(=O)O[C@@H]1[C@@H](NC(=O)NC2CCCCC2)C[C@@](O)(C(=O)NCC(N)=O)C[C@H]1OC(=O)NCC=C. The number of nitrogens with one attached hydrogen (secondary N) is 5. The molecule has 4 atom stereocenters. The lowest BCUT2D eigenvalue weighted by Gasteiger charge is -2.44. The second-order valence-corrected chi connectivity index (χ2v) is 9.30. The lowest BCUT2D eigenvalue weighted by atomic mass is 9.77. The summed E-state index contributed by atoms with van der Waals surface area (Å²) < 4.78 is 10.9. The van der Waals surface area contributed by atoms with E-state index in [9.17, 15) is 29.1 Å². The molecule has 14 nitrogen and oxygen atoms in total. The van der Waals surface area contributed by atoms with Crippen molar-refractivity contribution < 1.29 is 38.6 Å². The van der Waals surface area contributed by atoms with Crippen LogP contribution in [-0.2, 0) is 19.1 Å². The number of primary amides is 1. The Bertz CT molecular complexity index is 893. The number of hydrogen-bond acceptors (Lipinski definition) is 8. The minimum atomic E-state index is -2.21. The Hall–Kier alpha value is -3.81. The molecule has 0 aromatic carbocycles. The fourth-order valence-corrected chi connectivity index (χ4v) is 4.49. The molecule has 2 aliphatic rings. The summed E-state index contributed by atoms with van der Waals surface area (Å²) in [5.41, 5.74) is 2.89. The molecule has 38 heavy (non-hydrogen) atoms. The Balaban J connectivity index is 2.32. The zero-order chi connectivity index (χ0) is 28.1. The van der Waals surface area contributed by atoms with Gasteiger partial charge in [-0.3, -0.25) is 9.59 Å². The van der Waals surface area contributed by atoms with E-state index in [-0.39, 0.29) is 19.1 Å². The van der Waals surface area contributed by atoms with E-state index in [0.29, 0.717) is 0 Å². The predicted molar refractivity (Wildman–Crippen MR) is 136 cm³/mol. The average molecular weight is 539 g/mol. The van der Waals surface area contributed by atoms with Gasteiger partial charge in [0.1, 0.15) is 11.7 Å². The van der Waals surface area contributed by atoms with Crippen LogP contribution >= 0.6 is 0 Å². The predicted octanol–water partition coefficient (Wildman–Crippen LogP) is -0.325. The maximum Gasteiger partial charge on any atom is 0.407 e. The molecule has 0 heterocycles. The highest BCUT2D eigenvalue weighted by atomic mass is 16.6. The Morgan fingerprint density at radius 1 is 0.895 bits per heavy atom.